The number of ketones is 1. The van der Waals surface area contributed by atoms with Gasteiger partial charge >= 0.3 is 0 Å². The Morgan fingerprint density at radius 2 is 1.46 bits per heavy atom. The van der Waals surface area contributed by atoms with Crippen molar-refractivity contribution < 1.29 is 24.2 Å². The van der Waals surface area contributed by atoms with Crippen molar-refractivity contribution in [2.75, 3.05) is 37.1 Å². The van der Waals surface area contributed by atoms with Crippen molar-refractivity contribution in [3.8, 4) is 11.5 Å². The van der Waals surface area contributed by atoms with Crippen LogP contribution in [0.4, 0.5) is 11.4 Å². The van der Waals surface area contributed by atoms with E-state index in [0.717, 1.165) is 12.1 Å². The van der Waals surface area contributed by atoms with E-state index in [1.165, 1.54) is 4.90 Å². The summed E-state index contributed by atoms with van der Waals surface area (Å²) < 4.78 is 11.2. The van der Waals surface area contributed by atoms with Crippen LogP contribution in [0.1, 0.15) is 37.4 Å². The van der Waals surface area contributed by atoms with Crippen LogP contribution in [0.25, 0.3) is 5.76 Å². The molecule has 1 aliphatic rings. The van der Waals surface area contributed by atoms with Crippen LogP contribution in [0.15, 0.2) is 78.4 Å². The number of carbonyl (C=O) groups is 2. The highest BCUT2D eigenvalue weighted by molar-refractivity contribution is 6.51. The maximum Gasteiger partial charge on any atom is 0.300 e. The molecule has 0 aromatic heterocycles. The number of carbonyl (C=O) groups excluding carboxylic acids is 2. The Morgan fingerprint density at radius 3 is 2.03 bits per heavy atom. The molecular weight excluding hydrogens is 468 g/mol. The van der Waals surface area contributed by atoms with Crippen molar-refractivity contribution in [2.24, 2.45) is 0 Å². The van der Waals surface area contributed by atoms with Gasteiger partial charge in [0.25, 0.3) is 11.7 Å². The molecule has 0 bridgehead atoms. The lowest BCUT2D eigenvalue weighted by atomic mass is 9.95. The summed E-state index contributed by atoms with van der Waals surface area (Å²) in [5.41, 5.74) is 2.68. The topological polar surface area (TPSA) is 79.3 Å². The van der Waals surface area contributed by atoms with Crippen LogP contribution >= 0.6 is 0 Å². The summed E-state index contributed by atoms with van der Waals surface area (Å²) in [6.45, 7) is 5.03. The molecule has 0 aliphatic carbocycles. The third kappa shape index (κ3) is 5.31. The quantitative estimate of drug-likeness (QED) is 0.235. The molecule has 7 heteroatoms. The number of hydrogen-bond acceptors (Lipinski definition) is 6. The van der Waals surface area contributed by atoms with E-state index in [2.05, 4.69) is 0 Å². The van der Waals surface area contributed by atoms with Crippen molar-refractivity contribution >= 4 is 28.8 Å². The lowest BCUT2D eigenvalue weighted by Gasteiger charge is -2.26. The molecular formula is C30H32N2O5. The Bertz CT molecular complexity index is 1280. The second-order valence-electron chi connectivity index (χ2n) is 8.95. The minimum absolute atomic E-state index is 0.0353. The molecule has 1 heterocycles. The van der Waals surface area contributed by atoms with Gasteiger partial charge in [-0.15, -0.1) is 0 Å². The smallest absolute Gasteiger partial charge is 0.300 e. The molecule has 1 fully saturated rings. The third-order valence-electron chi connectivity index (χ3n) is 6.20. The average molecular weight is 501 g/mol. The number of nitrogens with zero attached hydrogens (tertiary/aromatic N) is 2. The van der Waals surface area contributed by atoms with E-state index in [1.807, 2.05) is 69.2 Å². The Balaban J connectivity index is 1.82. The molecule has 0 saturated carbocycles. The standard InChI is InChI=1S/C30H32N2O5/c1-5-19-37-25-17-9-21(10-18-25)28(33)26-27(20-7-15-24(16-8-20)36-6-2)32(30(35)29(26)34)23-13-11-22(12-14-23)31(3)4/h7-18,27,33H,5-6,19H2,1-4H3/b28-26+. The third-order valence-corrected chi connectivity index (χ3v) is 6.20. The summed E-state index contributed by atoms with van der Waals surface area (Å²) in [7, 11) is 3.86. The number of benzene rings is 3. The van der Waals surface area contributed by atoms with E-state index in [-0.39, 0.29) is 11.3 Å². The molecule has 0 spiro atoms. The predicted molar refractivity (Wildman–Crippen MR) is 145 cm³/mol. The zero-order valence-corrected chi connectivity index (χ0v) is 21.6. The first kappa shape index (κ1) is 25.8. The van der Waals surface area contributed by atoms with Crippen LogP contribution in [0.5, 0.6) is 11.5 Å². The van der Waals surface area contributed by atoms with Gasteiger partial charge in [0.15, 0.2) is 0 Å². The SMILES string of the molecule is CCCOc1ccc(/C(O)=C2\C(=O)C(=O)N(c3ccc(N(C)C)cc3)C2c2ccc(OCC)cc2)cc1. The Kier molecular flexibility index (Phi) is 7.82. The van der Waals surface area contributed by atoms with Crippen molar-refractivity contribution in [3.63, 3.8) is 0 Å². The van der Waals surface area contributed by atoms with E-state index < -0.39 is 17.7 Å². The average Bonchev–Trinajstić information content (AvgIpc) is 3.18. The van der Waals surface area contributed by atoms with Gasteiger partial charge in [0.05, 0.1) is 24.8 Å². The fourth-order valence-corrected chi connectivity index (χ4v) is 4.32. The second kappa shape index (κ2) is 11.2. The maximum atomic E-state index is 13.4. The summed E-state index contributed by atoms with van der Waals surface area (Å²) in [6, 6.07) is 20.7. The van der Waals surface area contributed by atoms with Crippen LogP contribution in [0.3, 0.4) is 0 Å². The molecule has 37 heavy (non-hydrogen) atoms. The summed E-state index contributed by atoms with van der Waals surface area (Å²) >= 11 is 0. The fraction of sp³-hybridized carbons (Fsp3) is 0.267. The van der Waals surface area contributed by atoms with Crippen molar-refractivity contribution in [1.29, 1.82) is 0 Å². The van der Waals surface area contributed by atoms with Gasteiger partial charge in [-0.05, 0) is 79.6 Å². The lowest BCUT2D eigenvalue weighted by Crippen LogP contribution is -2.29. The fourth-order valence-electron chi connectivity index (χ4n) is 4.32. The van der Waals surface area contributed by atoms with Gasteiger partial charge in [0, 0.05) is 31.0 Å². The highest BCUT2D eigenvalue weighted by Gasteiger charge is 2.47. The minimum atomic E-state index is -0.808. The normalized spacial score (nSPS) is 16.6. The highest BCUT2D eigenvalue weighted by atomic mass is 16.5. The number of rotatable bonds is 9. The first-order valence-electron chi connectivity index (χ1n) is 12.4. The molecule has 192 valence electrons. The monoisotopic (exact) mass is 500 g/mol. The first-order chi connectivity index (χ1) is 17.8. The number of Topliss-reactive ketones (excluding diaryl/α,β-unsaturated/α-hetero) is 1. The van der Waals surface area contributed by atoms with E-state index >= 15 is 0 Å². The van der Waals surface area contributed by atoms with E-state index in [9.17, 15) is 14.7 Å². The van der Waals surface area contributed by atoms with Gasteiger partial charge in [-0.25, -0.2) is 0 Å². The zero-order valence-electron chi connectivity index (χ0n) is 21.6. The van der Waals surface area contributed by atoms with Crippen molar-refractivity contribution in [3.05, 3.63) is 89.5 Å². The summed E-state index contributed by atoms with van der Waals surface area (Å²) in [5, 5.41) is 11.3. The van der Waals surface area contributed by atoms with Gasteiger partial charge in [0.2, 0.25) is 0 Å². The van der Waals surface area contributed by atoms with Gasteiger partial charge in [-0.3, -0.25) is 14.5 Å². The van der Waals surface area contributed by atoms with Crippen LogP contribution in [0, 0.1) is 0 Å². The molecule has 3 aromatic rings. The van der Waals surface area contributed by atoms with Gasteiger partial charge in [0.1, 0.15) is 17.3 Å². The van der Waals surface area contributed by atoms with Gasteiger partial charge in [-0.2, -0.15) is 0 Å². The van der Waals surface area contributed by atoms with Crippen LogP contribution < -0.4 is 19.3 Å². The lowest BCUT2D eigenvalue weighted by molar-refractivity contribution is -0.132. The number of anilines is 2. The molecule has 7 nitrogen and oxygen atoms in total. The molecule has 4 rings (SSSR count). The van der Waals surface area contributed by atoms with Crippen molar-refractivity contribution in [2.45, 2.75) is 26.3 Å². The molecule has 1 aliphatic heterocycles. The van der Waals surface area contributed by atoms with E-state index in [0.29, 0.717) is 41.5 Å². The molecule has 1 atom stereocenters. The van der Waals surface area contributed by atoms with Crippen LogP contribution in [0.2, 0.25) is 0 Å². The number of ether oxygens (including phenoxy) is 2. The second-order valence-corrected chi connectivity index (χ2v) is 8.95. The molecule has 1 saturated heterocycles. The maximum absolute atomic E-state index is 13.4. The Hall–Kier alpha value is -4.26. The molecule has 1 amide bonds. The summed E-state index contributed by atoms with van der Waals surface area (Å²) in [6.07, 6.45) is 0.878. The molecule has 3 aromatic carbocycles. The first-order valence-corrected chi connectivity index (χ1v) is 12.4. The summed E-state index contributed by atoms with van der Waals surface area (Å²) in [4.78, 5) is 30.1. The van der Waals surface area contributed by atoms with Gasteiger partial charge < -0.3 is 19.5 Å². The predicted octanol–water partition coefficient (Wildman–Crippen LogP) is 5.57. The minimum Gasteiger partial charge on any atom is -0.507 e. The molecule has 1 N–H and O–H groups in total. The zero-order chi connectivity index (χ0) is 26.5. The van der Waals surface area contributed by atoms with E-state index in [4.69, 9.17) is 9.47 Å². The Labute approximate surface area is 217 Å². The Morgan fingerprint density at radius 1 is 0.865 bits per heavy atom. The largest absolute Gasteiger partial charge is 0.507 e. The summed E-state index contributed by atoms with van der Waals surface area (Å²) in [5.74, 6) is -0.309. The van der Waals surface area contributed by atoms with Crippen molar-refractivity contribution in [1.82, 2.24) is 0 Å². The molecule has 1 unspecified atom stereocenters. The molecule has 0 radical (unpaired) electrons. The van der Waals surface area contributed by atoms with Crippen LogP contribution in [-0.2, 0) is 9.59 Å². The van der Waals surface area contributed by atoms with E-state index in [1.54, 1.807) is 36.4 Å². The number of amides is 1. The van der Waals surface area contributed by atoms with Crippen LogP contribution in [-0.4, -0.2) is 44.1 Å². The highest BCUT2D eigenvalue weighted by Crippen LogP contribution is 2.42. The number of hydrogen-bond donors (Lipinski definition) is 1. The number of aliphatic hydroxyl groups excluding tert-OH is 1. The van der Waals surface area contributed by atoms with Gasteiger partial charge in [-0.1, -0.05) is 19.1 Å². The number of aliphatic hydroxyl groups is 1.